The highest BCUT2D eigenvalue weighted by Gasteiger charge is 2.05. The molecule has 10 heavy (non-hydrogen) atoms. The Bertz CT molecular complexity index is 205. The number of hydrogen-bond acceptors (Lipinski definition) is 0. The van der Waals surface area contributed by atoms with Crippen LogP contribution in [0.25, 0.3) is 0 Å². The fourth-order valence-electron chi connectivity index (χ4n) is 1.68. The smallest absolute Gasteiger partial charge is 0 e. The van der Waals surface area contributed by atoms with Crippen LogP contribution in [-0.2, 0) is 12.8 Å². The van der Waals surface area contributed by atoms with Crippen LogP contribution in [0, 0.1) is 0 Å². The standard InChI is InChI=1S/C10H12.H2/c1-2-6-10-8-4-3-7-9(10)5-1;/h1-2,5-6H,3-4,7-8H2;1H/i;1+1. The summed E-state index contributed by atoms with van der Waals surface area (Å²) in [6.07, 6.45) is 5.38. The van der Waals surface area contributed by atoms with Gasteiger partial charge in [-0.05, 0) is 36.8 Å². The van der Waals surface area contributed by atoms with Crippen LogP contribution in [0.2, 0.25) is 0 Å². The fraction of sp³-hybridized carbons (Fsp3) is 0.400. The van der Waals surface area contributed by atoms with E-state index in [1.807, 2.05) is 0 Å². The van der Waals surface area contributed by atoms with Gasteiger partial charge in [0.15, 0.2) is 0 Å². The van der Waals surface area contributed by atoms with Crippen molar-refractivity contribution < 1.29 is 1.43 Å². The molecule has 0 saturated heterocycles. The van der Waals surface area contributed by atoms with Crippen molar-refractivity contribution in [2.75, 3.05) is 0 Å². The Balaban J connectivity index is 0.000000605. The topological polar surface area (TPSA) is 0 Å². The van der Waals surface area contributed by atoms with Crippen LogP contribution in [0.15, 0.2) is 24.3 Å². The lowest BCUT2D eigenvalue weighted by atomic mass is 9.92. The van der Waals surface area contributed by atoms with Crippen molar-refractivity contribution in [3.63, 3.8) is 0 Å². The van der Waals surface area contributed by atoms with Crippen LogP contribution < -0.4 is 0 Å². The highest BCUT2D eigenvalue weighted by Crippen LogP contribution is 2.19. The monoisotopic (exact) mass is 135 g/mol. The van der Waals surface area contributed by atoms with Gasteiger partial charge in [-0.2, -0.15) is 0 Å². The minimum Gasteiger partial charge on any atom is -0.0620 e. The van der Waals surface area contributed by atoms with Gasteiger partial charge in [0.05, 0.1) is 0 Å². The molecule has 1 aromatic rings. The van der Waals surface area contributed by atoms with Gasteiger partial charge in [-0.1, -0.05) is 24.3 Å². The first-order valence-electron chi connectivity index (χ1n) is 4.03. The molecule has 0 heteroatoms. The summed E-state index contributed by atoms with van der Waals surface area (Å²) >= 11 is 0. The van der Waals surface area contributed by atoms with Crippen molar-refractivity contribution in [1.82, 2.24) is 0 Å². The Morgan fingerprint density at radius 1 is 0.900 bits per heavy atom. The SMILES string of the molecule is [2HH].c1ccc2c(c1)CCCC2. The summed E-state index contributed by atoms with van der Waals surface area (Å²) in [6, 6.07) is 8.80. The van der Waals surface area contributed by atoms with Gasteiger partial charge in [0.25, 0.3) is 0 Å². The summed E-state index contributed by atoms with van der Waals surface area (Å²) in [5, 5.41) is 0. The zero-order chi connectivity index (χ0) is 6.81. The molecule has 0 spiro atoms. The average molecular weight is 135 g/mol. The van der Waals surface area contributed by atoms with Gasteiger partial charge in [-0.3, -0.25) is 0 Å². The van der Waals surface area contributed by atoms with Gasteiger partial charge in [-0.25, -0.2) is 0 Å². The van der Waals surface area contributed by atoms with Crippen LogP contribution >= 0.6 is 0 Å². The lowest BCUT2D eigenvalue weighted by molar-refractivity contribution is 0.685. The fourth-order valence-corrected chi connectivity index (χ4v) is 1.68. The molecule has 1 aliphatic rings. The maximum Gasteiger partial charge on any atom is 0 e. The third-order valence-electron chi connectivity index (χ3n) is 2.26. The zero-order valence-electron chi connectivity index (χ0n) is 6.14. The molecular weight excluding hydrogens is 120 g/mol. The van der Waals surface area contributed by atoms with Gasteiger partial charge in [0, 0.05) is 1.43 Å². The van der Waals surface area contributed by atoms with Crippen LogP contribution in [0.3, 0.4) is 0 Å². The largest absolute Gasteiger partial charge is 0.0620 e. The summed E-state index contributed by atoms with van der Waals surface area (Å²) in [6.45, 7) is 0. The Hall–Kier alpha value is -0.780. The lowest BCUT2D eigenvalue weighted by Gasteiger charge is -2.13. The van der Waals surface area contributed by atoms with Gasteiger partial charge < -0.3 is 0 Å². The van der Waals surface area contributed by atoms with E-state index < -0.39 is 0 Å². The maximum absolute atomic E-state index is 2.26. The molecule has 0 saturated carbocycles. The van der Waals surface area contributed by atoms with E-state index in [2.05, 4.69) is 24.3 Å². The van der Waals surface area contributed by atoms with Gasteiger partial charge in [0.2, 0.25) is 0 Å². The number of fused-ring (bicyclic) bond motifs is 1. The molecule has 2 rings (SSSR count). The Labute approximate surface area is 63.4 Å². The second kappa shape index (κ2) is 2.45. The Morgan fingerprint density at radius 2 is 1.40 bits per heavy atom. The van der Waals surface area contributed by atoms with Crippen LogP contribution in [-0.4, -0.2) is 0 Å². The number of rotatable bonds is 0. The van der Waals surface area contributed by atoms with Gasteiger partial charge in [0.1, 0.15) is 0 Å². The van der Waals surface area contributed by atoms with E-state index in [4.69, 9.17) is 0 Å². The number of aryl methyl sites for hydroxylation is 2. The summed E-state index contributed by atoms with van der Waals surface area (Å²) in [4.78, 5) is 0. The molecule has 0 atom stereocenters. The first kappa shape index (κ1) is 5.96. The van der Waals surface area contributed by atoms with Crippen molar-refractivity contribution in [1.29, 1.82) is 0 Å². The summed E-state index contributed by atoms with van der Waals surface area (Å²) in [5.74, 6) is 0. The van der Waals surface area contributed by atoms with Crippen LogP contribution in [0.5, 0.6) is 0 Å². The maximum atomic E-state index is 2.26. The second-order valence-corrected chi connectivity index (χ2v) is 2.98. The van der Waals surface area contributed by atoms with E-state index in [-0.39, 0.29) is 1.43 Å². The normalized spacial score (nSPS) is 16.4. The summed E-state index contributed by atoms with van der Waals surface area (Å²) in [7, 11) is 0. The third kappa shape index (κ3) is 0.942. The molecule has 0 aromatic heterocycles. The van der Waals surface area contributed by atoms with Gasteiger partial charge in [-0.15, -0.1) is 0 Å². The van der Waals surface area contributed by atoms with E-state index >= 15 is 0 Å². The molecule has 1 aromatic carbocycles. The Kier molecular flexibility index (Phi) is 1.46. The van der Waals surface area contributed by atoms with E-state index in [9.17, 15) is 0 Å². The van der Waals surface area contributed by atoms with E-state index in [1.54, 1.807) is 11.1 Å². The van der Waals surface area contributed by atoms with Gasteiger partial charge >= 0.3 is 0 Å². The molecule has 0 nitrogen and oxygen atoms in total. The number of benzene rings is 1. The molecule has 0 unspecified atom stereocenters. The molecule has 0 aliphatic heterocycles. The van der Waals surface area contributed by atoms with Crippen molar-refractivity contribution in [2.45, 2.75) is 25.7 Å². The number of hydrogen-bond donors (Lipinski definition) is 0. The highest BCUT2D eigenvalue weighted by atomic mass is 14.1. The highest BCUT2D eigenvalue weighted by molar-refractivity contribution is 5.28. The molecule has 0 N–H and O–H groups in total. The predicted octanol–water partition coefficient (Wildman–Crippen LogP) is 2.81. The predicted molar refractivity (Wildman–Crippen MR) is 45.2 cm³/mol. The van der Waals surface area contributed by atoms with E-state index in [0.29, 0.717) is 0 Å². The van der Waals surface area contributed by atoms with Crippen LogP contribution in [0.1, 0.15) is 25.4 Å². The zero-order valence-corrected chi connectivity index (χ0v) is 6.14. The molecule has 1 aliphatic carbocycles. The first-order valence-corrected chi connectivity index (χ1v) is 4.03. The minimum atomic E-state index is 0. The van der Waals surface area contributed by atoms with E-state index in [0.717, 1.165) is 0 Å². The molecular formula is C10H14. The molecule has 0 amide bonds. The summed E-state index contributed by atoms with van der Waals surface area (Å²) < 4.78 is 0. The minimum absolute atomic E-state index is 0. The van der Waals surface area contributed by atoms with Crippen molar-refractivity contribution in [2.24, 2.45) is 0 Å². The Morgan fingerprint density at radius 3 is 1.90 bits per heavy atom. The molecule has 0 radical (unpaired) electrons. The molecule has 54 valence electrons. The first-order chi connectivity index (χ1) is 4.97. The molecule has 0 heterocycles. The van der Waals surface area contributed by atoms with Crippen LogP contribution in [0.4, 0.5) is 0 Å². The summed E-state index contributed by atoms with van der Waals surface area (Å²) in [5.41, 5.74) is 3.16. The molecule has 0 bridgehead atoms. The van der Waals surface area contributed by atoms with Crippen molar-refractivity contribution >= 4 is 0 Å². The van der Waals surface area contributed by atoms with Crippen molar-refractivity contribution in [3.05, 3.63) is 35.4 Å². The average Bonchev–Trinajstić information content (AvgIpc) is 2.05. The quantitative estimate of drug-likeness (QED) is 0.513. The molecule has 0 fully saturated rings. The lowest BCUT2D eigenvalue weighted by Crippen LogP contribution is -2.00. The second-order valence-electron chi connectivity index (χ2n) is 2.98. The third-order valence-corrected chi connectivity index (χ3v) is 2.26. The van der Waals surface area contributed by atoms with E-state index in [1.165, 1.54) is 25.7 Å². The van der Waals surface area contributed by atoms with Crippen molar-refractivity contribution in [3.8, 4) is 0 Å².